The Bertz CT molecular complexity index is 513. The molecule has 6 heteroatoms. The third-order valence-corrected chi connectivity index (χ3v) is 4.60. The molecule has 2 fully saturated rings. The largest absolute Gasteiger partial charge is 0.368 e. The monoisotopic (exact) mass is 307 g/mol. The quantitative estimate of drug-likeness (QED) is 0.912. The molecule has 2 aliphatic rings. The zero-order valence-electron chi connectivity index (χ0n) is 14.3. The third kappa shape index (κ3) is 3.67. The van der Waals surface area contributed by atoms with E-state index in [2.05, 4.69) is 45.8 Å². The number of aromatic nitrogens is 3. The molecule has 0 bridgehead atoms. The molecule has 1 aromatic rings. The summed E-state index contributed by atoms with van der Waals surface area (Å²) in [6.45, 7) is 13.4. The van der Waals surface area contributed by atoms with Gasteiger partial charge in [-0.1, -0.05) is 0 Å². The maximum absolute atomic E-state index is 6.21. The first kappa shape index (κ1) is 15.9. The van der Waals surface area contributed by atoms with Gasteiger partial charge in [0.25, 0.3) is 0 Å². The van der Waals surface area contributed by atoms with E-state index >= 15 is 0 Å². The molecule has 2 atom stereocenters. The van der Waals surface area contributed by atoms with Gasteiger partial charge < -0.3 is 10.1 Å². The zero-order valence-corrected chi connectivity index (χ0v) is 14.3. The molecule has 1 aromatic heterocycles. The van der Waals surface area contributed by atoms with Crippen LogP contribution in [0, 0.1) is 13.8 Å². The lowest BCUT2D eigenvalue weighted by atomic mass is 10.0. The maximum atomic E-state index is 6.21. The molecule has 2 aliphatic heterocycles. The van der Waals surface area contributed by atoms with E-state index in [1.807, 2.05) is 6.92 Å². The van der Waals surface area contributed by atoms with E-state index in [4.69, 9.17) is 4.74 Å². The number of ether oxygens (including phenoxy) is 1. The van der Waals surface area contributed by atoms with Crippen molar-refractivity contribution >= 4 is 0 Å². The van der Waals surface area contributed by atoms with Crippen molar-refractivity contribution in [1.82, 2.24) is 25.0 Å². The van der Waals surface area contributed by atoms with Gasteiger partial charge in [-0.05, 0) is 47.1 Å². The first-order chi connectivity index (χ1) is 10.4. The third-order valence-electron chi connectivity index (χ3n) is 4.60. The van der Waals surface area contributed by atoms with Gasteiger partial charge in [-0.2, -0.15) is 5.10 Å². The normalized spacial score (nSPS) is 29.6. The fraction of sp³-hybridized carbons (Fsp3) is 0.875. The van der Waals surface area contributed by atoms with Crippen molar-refractivity contribution in [1.29, 1.82) is 0 Å². The predicted molar refractivity (Wildman–Crippen MR) is 86.0 cm³/mol. The molecule has 2 saturated heterocycles. The van der Waals surface area contributed by atoms with Crippen molar-refractivity contribution < 1.29 is 4.74 Å². The van der Waals surface area contributed by atoms with E-state index in [0.29, 0.717) is 6.04 Å². The number of hydrogen-bond acceptors (Lipinski definition) is 5. The van der Waals surface area contributed by atoms with Crippen LogP contribution >= 0.6 is 0 Å². The molecule has 3 heterocycles. The molecule has 0 amide bonds. The van der Waals surface area contributed by atoms with E-state index in [0.717, 1.165) is 44.4 Å². The van der Waals surface area contributed by atoms with Crippen LogP contribution in [0.3, 0.4) is 0 Å². The van der Waals surface area contributed by atoms with Gasteiger partial charge in [0.15, 0.2) is 0 Å². The van der Waals surface area contributed by atoms with Gasteiger partial charge in [-0.25, -0.2) is 9.67 Å². The molecule has 0 radical (unpaired) electrons. The van der Waals surface area contributed by atoms with Crippen LogP contribution in [-0.2, 0) is 4.74 Å². The second-order valence-corrected chi connectivity index (χ2v) is 7.34. The number of nitrogens with one attached hydrogen (secondary N) is 1. The van der Waals surface area contributed by atoms with Gasteiger partial charge in [0.1, 0.15) is 11.6 Å². The minimum atomic E-state index is -0.0578. The Kier molecular flexibility index (Phi) is 4.52. The van der Waals surface area contributed by atoms with Crippen molar-refractivity contribution in [3.63, 3.8) is 0 Å². The van der Waals surface area contributed by atoms with Crippen molar-refractivity contribution in [2.45, 2.75) is 58.3 Å². The maximum Gasteiger partial charge on any atom is 0.147 e. The average molecular weight is 307 g/mol. The van der Waals surface area contributed by atoms with Crippen LogP contribution in [0.5, 0.6) is 0 Å². The predicted octanol–water partition coefficient (Wildman–Crippen LogP) is 1.30. The highest BCUT2D eigenvalue weighted by molar-refractivity contribution is 4.93. The highest BCUT2D eigenvalue weighted by atomic mass is 16.5. The van der Waals surface area contributed by atoms with E-state index in [-0.39, 0.29) is 11.7 Å². The van der Waals surface area contributed by atoms with Gasteiger partial charge in [0, 0.05) is 26.2 Å². The molecule has 1 N–H and O–H groups in total. The molecule has 0 spiro atoms. The van der Waals surface area contributed by atoms with Gasteiger partial charge in [0.2, 0.25) is 0 Å². The fourth-order valence-electron chi connectivity index (χ4n) is 3.74. The van der Waals surface area contributed by atoms with Crippen molar-refractivity contribution in [3.05, 3.63) is 11.6 Å². The number of aryl methyl sites for hydroxylation is 2. The van der Waals surface area contributed by atoms with Crippen LogP contribution in [0.25, 0.3) is 0 Å². The van der Waals surface area contributed by atoms with Crippen LogP contribution in [0.15, 0.2) is 0 Å². The summed E-state index contributed by atoms with van der Waals surface area (Å²) < 4.78 is 8.32. The molecule has 6 nitrogen and oxygen atoms in total. The second-order valence-electron chi connectivity index (χ2n) is 7.34. The topological polar surface area (TPSA) is 55.2 Å². The number of piperidine rings is 1. The van der Waals surface area contributed by atoms with Crippen LogP contribution in [0.2, 0.25) is 0 Å². The molecular formula is C16H29N5O. The number of rotatable bonds is 3. The van der Waals surface area contributed by atoms with Crippen molar-refractivity contribution in [2.75, 3.05) is 32.7 Å². The number of morpholine rings is 1. The molecule has 0 aromatic carbocycles. The van der Waals surface area contributed by atoms with Crippen molar-refractivity contribution in [2.24, 2.45) is 0 Å². The van der Waals surface area contributed by atoms with E-state index in [9.17, 15) is 0 Å². The van der Waals surface area contributed by atoms with Crippen LogP contribution in [0.4, 0.5) is 0 Å². The summed E-state index contributed by atoms with van der Waals surface area (Å²) in [5, 5.41) is 8.06. The number of likely N-dealkylation sites (tertiary alicyclic amines) is 1. The summed E-state index contributed by atoms with van der Waals surface area (Å²) in [6, 6.07) is 0.444. The first-order valence-electron chi connectivity index (χ1n) is 8.43. The lowest BCUT2D eigenvalue weighted by Crippen LogP contribution is -2.54. The summed E-state index contributed by atoms with van der Waals surface area (Å²) >= 11 is 0. The molecule has 124 valence electrons. The van der Waals surface area contributed by atoms with Crippen molar-refractivity contribution in [3.8, 4) is 0 Å². The smallest absolute Gasteiger partial charge is 0.147 e. The molecule has 3 rings (SSSR count). The van der Waals surface area contributed by atoms with Gasteiger partial charge in [0.05, 0.1) is 17.7 Å². The van der Waals surface area contributed by atoms with Crippen LogP contribution < -0.4 is 5.32 Å². The Morgan fingerprint density at radius 3 is 2.86 bits per heavy atom. The lowest BCUT2D eigenvalue weighted by Gasteiger charge is -2.40. The SMILES string of the molecule is Cc1nc(C)n(C2CCCN(C[C@@H]3CNCC(C)(C)O3)C2)n1. The van der Waals surface area contributed by atoms with E-state index < -0.39 is 0 Å². The fourth-order valence-corrected chi connectivity index (χ4v) is 3.74. The van der Waals surface area contributed by atoms with E-state index in [1.54, 1.807) is 0 Å². The zero-order chi connectivity index (χ0) is 15.7. The Morgan fingerprint density at radius 1 is 1.36 bits per heavy atom. The Labute approximate surface area is 133 Å². The highest BCUT2D eigenvalue weighted by Crippen LogP contribution is 2.23. The van der Waals surface area contributed by atoms with Crippen LogP contribution in [0.1, 0.15) is 44.4 Å². The van der Waals surface area contributed by atoms with Gasteiger partial charge >= 0.3 is 0 Å². The summed E-state index contributed by atoms with van der Waals surface area (Å²) in [4.78, 5) is 6.97. The second kappa shape index (κ2) is 6.26. The molecule has 22 heavy (non-hydrogen) atoms. The van der Waals surface area contributed by atoms with Gasteiger partial charge in [-0.3, -0.25) is 4.90 Å². The summed E-state index contributed by atoms with van der Waals surface area (Å²) in [7, 11) is 0. The highest BCUT2D eigenvalue weighted by Gasteiger charge is 2.31. The number of hydrogen-bond donors (Lipinski definition) is 1. The van der Waals surface area contributed by atoms with E-state index in [1.165, 1.54) is 12.8 Å². The van der Waals surface area contributed by atoms with Crippen LogP contribution in [-0.4, -0.2) is 64.1 Å². The Hall–Kier alpha value is -0.980. The molecule has 1 unspecified atom stereocenters. The standard InChI is InChI=1S/C16H29N5O/c1-12-18-13(2)21(19-12)14-6-5-7-20(9-14)10-15-8-17-11-16(3,4)22-15/h14-15,17H,5-11H2,1-4H3/t14?,15-/m0/s1. The summed E-state index contributed by atoms with van der Waals surface area (Å²) in [5.74, 6) is 1.90. The minimum Gasteiger partial charge on any atom is -0.368 e. The summed E-state index contributed by atoms with van der Waals surface area (Å²) in [5.41, 5.74) is -0.0578. The average Bonchev–Trinajstić information content (AvgIpc) is 2.77. The first-order valence-corrected chi connectivity index (χ1v) is 8.43. The molecular weight excluding hydrogens is 278 g/mol. The number of nitrogens with zero attached hydrogens (tertiary/aromatic N) is 4. The molecule has 0 saturated carbocycles. The Balaban J connectivity index is 1.60. The lowest BCUT2D eigenvalue weighted by molar-refractivity contribution is -0.105. The van der Waals surface area contributed by atoms with Gasteiger partial charge in [-0.15, -0.1) is 0 Å². The Morgan fingerprint density at radius 2 is 2.18 bits per heavy atom. The summed E-state index contributed by atoms with van der Waals surface area (Å²) in [6.07, 6.45) is 2.68. The molecule has 0 aliphatic carbocycles. The minimum absolute atomic E-state index is 0.0578.